The molecule has 3 aromatic rings. The molecule has 0 amide bonds. The van der Waals surface area contributed by atoms with Gasteiger partial charge >= 0.3 is 0 Å². The summed E-state index contributed by atoms with van der Waals surface area (Å²) < 4.78 is 53.1. The molecule has 0 radical (unpaired) electrons. The molecule has 9 heteroatoms. The van der Waals surface area contributed by atoms with Gasteiger partial charge in [-0.1, -0.05) is 12.1 Å². The van der Waals surface area contributed by atoms with Crippen LogP contribution >= 0.6 is 0 Å². The number of hydrogen-bond acceptors (Lipinski definition) is 6. The van der Waals surface area contributed by atoms with Gasteiger partial charge in [0, 0.05) is 18.2 Å². The monoisotopic (exact) mass is 393 g/mol. The summed E-state index contributed by atoms with van der Waals surface area (Å²) in [5, 5.41) is 3.70. The minimum absolute atomic E-state index is 0.176. The third-order valence-corrected chi connectivity index (χ3v) is 4.88. The summed E-state index contributed by atoms with van der Waals surface area (Å²) >= 11 is 0. The number of nitrogens with zero attached hydrogens (tertiary/aromatic N) is 2. The molecule has 0 saturated carbocycles. The van der Waals surface area contributed by atoms with E-state index in [0.717, 1.165) is 11.8 Å². The zero-order chi connectivity index (χ0) is 19.4. The summed E-state index contributed by atoms with van der Waals surface area (Å²) in [7, 11) is -3.36. The van der Waals surface area contributed by atoms with Crippen LogP contribution in [0.4, 0.5) is 14.6 Å². The lowest BCUT2D eigenvalue weighted by Gasteiger charge is -2.11. The standard InChI is InChI=1S/C18H17F2N3O3S/c1-27(24,25)14-5-6-16-15(8-14)18(23-11-22-16)21-9-12-3-2-4-13(7-12)26-10-17(19)20/h2-8,11,17H,9-10H2,1H3,(H,21,22,23). The SMILES string of the molecule is CS(=O)(=O)c1ccc2ncnc(NCc3cccc(OCC(F)F)c3)c2c1. The molecule has 1 heterocycles. The van der Waals surface area contributed by atoms with Crippen molar-refractivity contribution in [1.82, 2.24) is 9.97 Å². The third kappa shape index (κ3) is 4.88. The molecule has 0 saturated heterocycles. The van der Waals surface area contributed by atoms with E-state index in [4.69, 9.17) is 4.74 Å². The summed E-state index contributed by atoms with van der Waals surface area (Å²) in [5.41, 5.74) is 1.40. The topological polar surface area (TPSA) is 81.2 Å². The summed E-state index contributed by atoms with van der Waals surface area (Å²) in [4.78, 5) is 8.49. The lowest BCUT2D eigenvalue weighted by atomic mass is 10.2. The predicted molar refractivity (Wildman–Crippen MR) is 97.9 cm³/mol. The Morgan fingerprint density at radius 1 is 1.15 bits per heavy atom. The maximum atomic E-state index is 12.3. The predicted octanol–water partition coefficient (Wildman–Crippen LogP) is 3.29. The van der Waals surface area contributed by atoms with E-state index in [1.807, 2.05) is 6.07 Å². The smallest absolute Gasteiger partial charge is 0.272 e. The van der Waals surface area contributed by atoms with Gasteiger partial charge in [-0.25, -0.2) is 27.2 Å². The molecule has 0 fully saturated rings. The van der Waals surface area contributed by atoms with Gasteiger partial charge < -0.3 is 10.1 Å². The Kier molecular flexibility index (Phi) is 5.50. The molecule has 0 atom stereocenters. The average Bonchev–Trinajstić information content (AvgIpc) is 2.64. The number of fused-ring (bicyclic) bond motifs is 1. The van der Waals surface area contributed by atoms with Gasteiger partial charge in [0.05, 0.1) is 10.4 Å². The first kappa shape index (κ1) is 19.0. The Balaban J connectivity index is 1.82. The normalized spacial score (nSPS) is 11.7. The zero-order valence-corrected chi connectivity index (χ0v) is 15.2. The molecule has 1 N–H and O–H groups in total. The third-order valence-electron chi connectivity index (χ3n) is 3.77. The van der Waals surface area contributed by atoms with Crippen LogP contribution in [-0.4, -0.2) is 37.7 Å². The van der Waals surface area contributed by atoms with E-state index in [-0.39, 0.29) is 4.90 Å². The maximum absolute atomic E-state index is 12.3. The fourth-order valence-electron chi connectivity index (χ4n) is 2.50. The van der Waals surface area contributed by atoms with E-state index in [1.165, 1.54) is 18.5 Å². The molecule has 27 heavy (non-hydrogen) atoms. The number of alkyl halides is 2. The fourth-order valence-corrected chi connectivity index (χ4v) is 3.14. The first-order valence-electron chi connectivity index (χ1n) is 8.01. The number of benzene rings is 2. The van der Waals surface area contributed by atoms with E-state index in [0.29, 0.717) is 29.0 Å². The van der Waals surface area contributed by atoms with Gasteiger partial charge in [0.1, 0.15) is 24.5 Å². The van der Waals surface area contributed by atoms with Crippen molar-refractivity contribution in [1.29, 1.82) is 0 Å². The molecule has 1 aromatic heterocycles. The minimum Gasteiger partial charge on any atom is -0.488 e. The van der Waals surface area contributed by atoms with Crippen LogP contribution in [0.2, 0.25) is 0 Å². The summed E-state index contributed by atoms with van der Waals surface area (Å²) in [6.07, 6.45) is -0.0219. The van der Waals surface area contributed by atoms with Crippen molar-refractivity contribution in [3.05, 3.63) is 54.4 Å². The van der Waals surface area contributed by atoms with Crippen molar-refractivity contribution in [3.8, 4) is 5.75 Å². The van der Waals surface area contributed by atoms with Crippen LogP contribution in [0, 0.1) is 0 Å². The molecule has 0 unspecified atom stereocenters. The summed E-state index contributed by atoms with van der Waals surface area (Å²) in [5.74, 6) is 0.825. The lowest BCUT2D eigenvalue weighted by molar-refractivity contribution is 0.0818. The van der Waals surface area contributed by atoms with Gasteiger partial charge in [-0.15, -0.1) is 0 Å². The Morgan fingerprint density at radius 2 is 1.96 bits per heavy atom. The second-order valence-electron chi connectivity index (χ2n) is 5.88. The van der Waals surface area contributed by atoms with E-state index in [9.17, 15) is 17.2 Å². The average molecular weight is 393 g/mol. The number of nitrogens with one attached hydrogen (secondary N) is 1. The van der Waals surface area contributed by atoms with E-state index in [1.54, 1.807) is 24.3 Å². The van der Waals surface area contributed by atoms with Crippen LogP contribution in [0.5, 0.6) is 5.75 Å². The van der Waals surface area contributed by atoms with Gasteiger partial charge in [-0.3, -0.25) is 0 Å². The highest BCUT2D eigenvalue weighted by molar-refractivity contribution is 7.90. The Bertz CT molecular complexity index is 1060. The fraction of sp³-hybridized carbons (Fsp3) is 0.222. The van der Waals surface area contributed by atoms with Crippen LogP contribution in [0.3, 0.4) is 0 Å². The molecule has 142 valence electrons. The highest BCUT2D eigenvalue weighted by atomic mass is 32.2. The number of sulfone groups is 1. The molecular weight excluding hydrogens is 376 g/mol. The van der Waals surface area contributed by atoms with Crippen LogP contribution in [0.15, 0.2) is 53.7 Å². The summed E-state index contributed by atoms with van der Waals surface area (Å²) in [6, 6.07) is 11.4. The zero-order valence-electron chi connectivity index (χ0n) is 14.4. The van der Waals surface area contributed by atoms with Crippen molar-refractivity contribution in [2.75, 3.05) is 18.2 Å². The van der Waals surface area contributed by atoms with E-state index in [2.05, 4.69) is 15.3 Å². The molecule has 2 aromatic carbocycles. The second-order valence-corrected chi connectivity index (χ2v) is 7.89. The molecule has 0 spiro atoms. The Hall–Kier alpha value is -2.81. The first-order chi connectivity index (χ1) is 12.8. The van der Waals surface area contributed by atoms with Crippen LogP contribution in [0.1, 0.15) is 5.56 Å². The minimum atomic E-state index is -3.36. The molecule has 0 aliphatic heterocycles. The number of ether oxygens (including phenoxy) is 1. The van der Waals surface area contributed by atoms with Crippen LogP contribution < -0.4 is 10.1 Å². The summed E-state index contributed by atoms with van der Waals surface area (Å²) in [6.45, 7) is -0.317. The van der Waals surface area contributed by atoms with Gasteiger partial charge in [-0.05, 0) is 35.9 Å². The number of halogens is 2. The molecule has 0 bridgehead atoms. The lowest BCUT2D eigenvalue weighted by Crippen LogP contribution is -2.07. The second kappa shape index (κ2) is 7.83. The molecule has 0 aliphatic rings. The number of rotatable bonds is 7. The van der Waals surface area contributed by atoms with Gasteiger partial charge in [0.25, 0.3) is 6.43 Å². The number of anilines is 1. The largest absolute Gasteiger partial charge is 0.488 e. The maximum Gasteiger partial charge on any atom is 0.272 e. The van der Waals surface area contributed by atoms with Gasteiger partial charge in [0.15, 0.2) is 9.84 Å². The van der Waals surface area contributed by atoms with Crippen LogP contribution in [-0.2, 0) is 16.4 Å². The van der Waals surface area contributed by atoms with Gasteiger partial charge in [-0.2, -0.15) is 0 Å². The van der Waals surface area contributed by atoms with Crippen molar-refractivity contribution >= 4 is 26.6 Å². The van der Waals surface area contributed by atoms with Crippen molar-refractivity contribution in [3.63, 3.8) is 0 Å². The van der Waals surface area contributed by atoms with Crippen LogP contribution in [0.25, 0.3) is 10.9 Å². The van der Waals surface area contributed by atoms with E-state index >= 15 is 0 Å². The van der Waals surface area contributed by atoms with Crippen molar-refractivity contribution in [2.45, 2.75) is 17.9 Å². The highest BCUT2D eigenvalue weighted by Gasteiger charge is 2.11. The molecular formula is C18H17F2N3O3S. The van der Waals surface area contributed by atoms with Crippen molar-refractivity contribution in [2.24, 2.45) is 0 Å². The number of hydrogen-bond donors (Lipinski definition) is 1. The molecule has 3 rings (SSSR count). The molecule has 6 nitrogen and oxygen atoms in total. The Labute approximate surface area is 155 Å². The number of aromatic nitrogens is 2. The van der Waals surface area contributed by atoms with Gasteiger partial charge in [0.2, 0.25) is 0 Å². The Morgan fingerprint density at radius 3 is 2.70 bits per heavy atom. The van der Waals surface area contributed by atoms with E-state index < -0.39 is 22.9 Å². The molecule has 0 aliphatic carbocycles. The highest BCUT2D eigenvalue weighted by Crippen LogP contribution is 2.24. The quantitative estimate of drug-likeness (QED) is 0.663. The first-order valence-corrected chi connectivity index (χ1v) is 9.90. The van der Waals surface area contributed by atoms with Crippen molar-refractivity contribution < 1.29 is 21.9 Å².